The minimum Gasteiger partial charge on any atom is -0.508 e. The molecular weight excluding hydrogens is 168 g/mol. The topological polar surface area (TPSA) is 46.5 Å². The molecule has 3 nitrogen and oxygen atoms in total. The summed E-state index contributed by atoms with van der Waals surface area (Å²) in [6.45, 7) is 3.74. The van der Waals surface area contributed by atoms with E-state index in [1.54, 1.807) is 6.92 Å². The summed E-state index contributed by atoms with van der Waals surface area (Å²) < 4.78 is 5.22. The minimum atomic E-state index is -0.0617. The summed E-state index contributed by atoms with van der Waals surface area (Å²) in [6, 6.07) is 1.48. The maximum Gasteiger partial charge on any atom is 0.204 e. The minimum absolute atomic E-state index is 0.0617. The highest BCUT2D eigenvalue weighted by atomic mass is 16.5. The molecule has 0 fully saturated rings. The average molecular weight is 178 g/mol. The molecule has 1 aromatic rings. The second-order valence-corrected chi connectivity index (χ2v) is 3.23. The van der Waals surface area contributed by atoms with Gasteiger partial charge in [0.25, 0.3) is 0 Å². The van der Waals surface area contributed by atoms with Crippen LogP contribution >= 0.6 is 0 Å². The van der Waals surface area contributed by atoms with Gasteiger partial charge in [-0.25, -0.2) is 0 Å². The molecule has 1 heterocycles. The van der Waals surface area contributed by atoms with Crippen LogP contribution in [0.1, 0.15) is 21.5 Å². The number of phenolic OH excluding ortho intramolecular Hbond substituents is 1. The zero-order valence-electron chi connectivity index (χ0n) is 7.55. The quantitative estimate of drug-likeness (QED) is 0.656. The van der Waals surface area contributed by atoms with Crippen LogP contribution in [0.3, 0.4) is 0 Å². The van der Waals surface area contributed by atoms with Crippen LogP contribution in [0.25, 0.3) is 0 Å². The standard InChI is InChI=1S/C10H10O3/c1-5-6(2)10-7(3-8(5)11)9(12)4-13-10/h3,11H,4H2,1-2H3. The van der Waals surface area contributed by atoms with E-state index in [4.69, 9.17) is 4.74 Å². The fraction of sp³-hybridized carbons (Fsp3) is 0.300. The van der Waals surface area contributed by atoms with Crippen LogP contribution in [0.15, 0.2) is 6.07 Å². The fourth-order valence-corrected chi connectivity index (χ4v) is 1.48. The molecule has 0 bridgehead atoms. The van der Waals surface area contributed by atoms with Crippen molar-refractivity contribution in [2.45, 2.75) is 13.8 Å². The van der Waals surface area contributed by atoms with Crippen molar-refractivity contribution < 1.29 is 14.6 Å². The van der Waals surface area contributed by atoms with Crippen molar-refractivity contribution in [1.82, 2.24) is 0 Å². The van der Waals surface area contributed by atoms with Crippen LogP contribution in [0.4, 0.5) is 0 Å². The molecule has 1 aromatic carbocycles. The van der Waals surface area contributed by atoms with E-state index < -0.39 is 0 Å². The SMILES string of the molecule is Cc1c(O)cc2c(c1C)OCC2=O. The van der Waals surface area contributed by atoms with Crippen LogP contribution in [0, 0.1) is 13.8 Å². The number of Topliss-reactive ketones (excluding diaryl/α,β-unsaturated/α-hetero) is 1. The molecule has 0 aliphatic carbocycles. The Morgan fingerprint density at radius 2 is 2.08 bits per heavy atom. The van der Waals surface area contributed by atoms with Gasteiger partial charge in [0, 0.05) is 0 Å². The number of hydrogen-bond acceptors (Lipinski definition) is 3. The second-order valence-electron chi connectivity index (χ2n) is 3.23. The number of hydrogen-bond donors (Lipinski definition) is 1. The number of ketones is 1. The highest BCUT2D eigenvalue weighted by molar-refractivity contribution is 6.03. The first-order valence-corrected chi connectivity index (χ1v) is 4.10. The van der Waals surface area contributed by atoms with E-state index in [-0.39, 0.29) is 18.1 Å². The maximum absolute atomic E-state index is 11.2. The molecule has 0 radical (unpaired) electrons. The predicted molar refractivity (Wildman–Crippen MR) is 47.4 cm³/mol. The molecule has 68 valence electrons. The molecular formula is C10H10O3. The predicted octanol–water partition coefficient (Wildman–Crippen LogP) is 1.58. The first-order chi connectivity index (χ1) is 6.11. The van der Waals surface area contributed by atoms with Crippen LogP contribution in [0.2, 0.25) is 0 Å². The Hall–Kier alpha value is -1.51. The molecule has 0 saturated carbocycles. The normalized spacial score (nSPS) is 14.2. The number of carbonyl (C=O) groups excluding carboxylic acids is 1. The zero-order chi connectivity index (χ0) is 9.59. The lowest BCUT2D eigenvalue weighted by Gasteiger charge is -2.07. The molecule has 1 N–H and O–H groups in total. The van der Waals surface area contributed by atoms with Crippen molar-refractivity contribution in [2.24, 2.45) is 0 Å². The smallest absolute Gasteiger partial charge is 0.204 e. The van der Waals surface area contributed by atoms with Crippen LogP contribution in [-0.2, 0) is 0 Å². The van der Waals surface area contributed by atoms with E-state index in [0.29, 0.717) is 11.3 Å². The molecule has 0 aromatic heterocycles. The molecule has 1 aliphatic heterocycles. The van der Waals surface area contributed by atoms with Crippen molar-refractivity contribution in [3.8, 4) is 11.5 Å². The van der Waals surface area contributed by atoms with Gasteiger partial charge in [0.05, 0.1) is 5.56 Å². The summed E-state index contributed by atoms with van der Waals surface area (Å²) in [5.74, 6) is 0.726. The largest absolute Gasteiger partial charge is 0.508 e. The van der Waals surface area contributed by atoms with Crippen molar-refractivity contribution in [3.05, 3.63) is 22.8 Å². The molecule has 3 heteroatoms. The van der Waals surface area contributed by atoms with E-state index in [1.165, 1.54) is 6.07 Å². The van der Waals surface area contributed by atoms with Crippen molar-refractivity contribution in [2.75, 3.05) is 6.61 Å². The molecule has 13 heavy (non-hydrogen) atoms. The third kappa shape index (κ3) is 1.00. The second kappa shape index (κ2) is 2.49. The van der Waals surface area contributed by atoms with Crippen molar-refractivity contribution >= 4 is 5.78 Å². The summed E-state index contributed by atoms with van der Waals surface area (Å²) in [7, 11) is 0. The summed E-state index contributed by atoms with van der Waals surface area (Å²) in [5.41, 5.74) is 2.12. The summed E-state index contributed by atoms with van der Waals surface area (Å²) in [5, 5.41) is 9.47. The van der Waals surface area contributed by atoms with Gasteiger partial charge in [-0.1, -0.05) is 0 Å². The van der Waals surface area contributed by atoms with E-state index in [9.17, 15) is 9.90 Å². The van der Waals surface area contributed by atoms with Gasteiger partial charge < -0.3 is 9.84 Å². The van der Waals surface area contributed by atoms with Gasteiger partial charge in [-0.2, -0.15) is 0 Å². The third-order valence-electron chi connectivity index (χ3n) is 2.46. The Balaban J connectivity index is 2.74. The van der Waals surface area contributed by atoms with Crippen molar-refractivity contribution in [1.29, 1.82) is 0 Å². The van der Waals surface area contributed by atoms with E-state index in [2.05, 4.69) is 0 Å². The van der Waals surface area contributed by atoms with Gasteiger partial charge in [0.2, 0.25) is 5.78 Å². The lowest BCUT2D eigenvalue weighted by atomic mass is 10.0. The first kappa shape index (κ1) is 8.10. The Labute approximate surface area is 76.0 Å². The zero-order valence-corrected chi connectivity index (χ0v) is 7.55. The van der Waals surface area contributed by atoms with Crippen LogP contribution < -0.4 is 4.74 Å². The number of ether oxygens (including phenoxy) is 1. The third-order valence-corrected chi connectivity index (χ3v) is 2.46. The Morgan fingerprint density at radius 3 is 2.77 bits per heavy atom. The van der Waals surface area contributed by atoms with Gasteiger partial charge in [-0.05, 0) is 31.0 Å². The number of carbonyl (C=O) groups is 1. The van der Waals surface area contributed by atoms with Gasteiger partial charge in [-0.3, -0.25) is 4.79 Å². The Kier molecular flexibility index (Phi) is 1.55. The molecule has 0 spiro atoms. The van der Waals surface area contributed by atoms with Gasteiger partial charge in [-0.15, -0.1) is 0 Å². The number of rotatable bonds is 0. The monoisotopic (exact) mass is 178 g/mol. The number of fused-ring (bicyclic) bond motifs is 1. The number of aromatic hydroxyl groups is 1. The maximum atomic E-state index is 11.2. The first-order valence-electron chi connectivity index (χ1n) is 4.10. The summed E-state index contributed by atoms with van der Waals surface area (Å²) in [4.78, 5) is 11.2. The molecule has 0 atom stereocenters. The lowest BCUT2D eigenvalue weighted by Crippen LogP contribution is -1.98. The Bertz CT molecular complexity index is 394. The van der Waals surface area contributed by atoms with E-state index in [0.717, 1.165) is 11.1 Å². The molecule has 1 aliphatic rings. The number of benzene rings is 1. The number of phenols is 1. The Morgan fingerprint density at radius 1 is 1.38 bits per heavy atom. The average Bonchev–Trinajstić information content (AvgIpc) is 2.45. The highest BCUT2D eigenvalue weighted by Crippen LogP contribution is 2.35. The molecule has 2 rings (SSSR count). The molecule has 0 saturated heterocycles. The van der Waals surface area contributed by atoms with E-state index in [1.807, 2.05) is 6.92 Å². The van der Waals surface area contributed by atoms with E-state index >= 15 is 0 Å². The fourth-order valence-electron chi connectivity index (χ4n) is 1.48. The molecule has 0 unspecified atom stereocenters. The van der Waals surface area contributed by atoms with Crippen molar-refractivity contribution in [3.63, 3.8) is 0 Å². The lowest BCUT2D eigenvalue weighted by molar-refractivity contribution is 0.0961. The highest BCUT2D eigenvalue weighted by Gasteiger charge is 2.25. The van der Waals surface area contributed by atoms with Gasteiger partial charge >= 0.3 is 0 Å². The van der Waals surface area contributed by atoms with Gasteiger partial charge in [0.15, 0.2) is 6.61 Å². The molecule has 0 amide bonds. The van der Waals surface area contributed by atoms with Gasteiger partial charge in [0.1, 0.15) is 11.5 Å². The van der Waals surface area contributed by atoms with Crippen LogP contribution in [-0.4, -0.2) is 17.5 Å². The summed E-state index contributed by atoms with van der Waals surface area (Å²) in [6.07, 6.45) is 0. The van der Waals surface area contributed by atoms with Crippen LogP contribution in [0.5, 0.6) is 11.5 Å². The summed E-state index contributed by atoms with van der Waals surface area (Å²) >= 11 is 0.